The number of rotatable bonds is 9. The Morgan fingerprint density at radius 2 is 1.85 bits per heavy atom. The topological polar surface area (TPSA) is 107 Å². The molecule has 214 valence electrons. The number of carbonyl (C=O) groups excluding carboxylic acids is 2. The summed E-state index contributed by atoms with van der Waals surface area (Å²) in [5.41, 5.74) is 0.998. The number of halogens is 6. The second-order valence-electron chi connectivity index (χ2n) is 9.29. The van der Waals surface area contributed by atoms with Crippen molar-refractivity contribution in [2.75, 3.05) is 11.9 Å². The van der Waals surface area contributed by atoms with Gasteiger partial charge in [-0.25, -0.2) is 9.78 Å². The quantitative estimate of drug-likeness (QED) is 0.208. The Morgan fingerprint density at radius 3 is 2.60 bits per heavy atom. The van der Waals surface area contributed by atoms with Crippen LogP contribution in [0.25, 0.3) is 0 Å². The van der Waals surface area contributed by atoms with Crippen LogP contribution in [0.1, 0.15) is 59.3 Å². The average Bonchev–Trinajstić information content (AvgIpc) is 3.34. The zero-order chi connectivity index (χ0) is 28.9. The van der Waals surface area contributed by atoms with Crippen LogP contribution in [-0.4, -0.2) is 39.8 Å². The van der Waals surface area contributed by atoms with Gasteiger partial charge < -0.3 is 14.6 Å². The van der Waals surface area contributed by atoms with Crippen molar-refractivity contribution in [3.63, 3.8) is 0 Å². The van der Waals surface area contributed by atoms with E-state index in [0.29, 0.717) is 25.1 Å². The smallest absolute Gasteiger partial charge is 0.386 e. The molecule has 3 heterocycles. The molecular weight excluding hydrogens is 546 g/mol. The highest BCUT2D eigenvalue weighted by Gasteiger charge is 2.42. The first-order valence-corrected chi connectivity index (χ1v) is 12.4. The van der Waals surface area contributed by atoms with Gasteiger partial charge in [-0.15, -0.1) is 0 Å². The average molecular weight is 570 g/mol. The predicted octanol–water partition coefficient (Wildman–Crippen LogP) is 5.37. The predicted molar refractivity (Wildman–Crippen MR) is 127 cm³/mol. The van der Waals surface area contributed by atoms with Gasteiger partial charge in [0, 0.05) is 31.0 Å². The standard InChI is InChI=1S/C26H24F6N4O4/c27-25(28,29)18-6-1-4-16(12-18)17(14-22(37)39-24(38)26(30,31)32)13-21-35-20(36-40-21)8-2-7-19-10-9-15-5-3-11-33-23(15)34-19/h1,4,6,9-10,12,17H,2-3,5,7-8,11,13-14H2,(H,33,34). The fourth-order valence-electron chi connectivity index (χ4n) is 4.30. The highest BCUT2D eigenvalue weighted by atomic mass is 19.4. The lowest BCUT2D eigenvalue weighted by Gasteiger charge is -2.17. The van der Waals surface area contributed by atoms with Gasteiger partial charge in [0.2, 0.25) is 5.89 Å². The van der Waals surface area contributed by atoms with E-state index in [1.807, 2.05) is 12.1 Å². The van der Waals surface area contributed by atoms with Crippen LogP contribution >= 0.6 is 0 Å². The van der Waals surface area contributed by atoms with Crippen LogP contribution in [-0.2, 0) is 46.2 Å². The number of benzene rings is 1. The molecule has 8 nitrogen and oxygen atoms in total. The van der Waals surface area contributed by atoms with E-state index in [1.54, 1.807) is 0 Å². The number of carbonyl (C=O) groups is 2. The van der Waals surface area contributed by atoms with Crippen molar-refractivity contribution in [2.24, 2.45) is 0 Å². The van der Waals surface area contributed by atoms with Crippen molar-refractivity contribution in [1.29, 1.82) is 0 Å². The second kappa shape index (κ2) is 12.0. The lowest BCUT2D eigenvalue weighted by molar-refractivity contribution is -0.202. The van der Waals surface area contributed by atoms with Crippen LogP contribution < -0.4 is 5.32 Å². The molecule has 1 N–H and O–H groups in total. The lowest BCUT2D eigenvalue weighted by atomic mass is 9.91. The summed E-state index contributed by atoms with van der Waals surface area (Å²) < 4.78 is 86.2. The van der Waals surface area contributed by atoms with Crippen LogP contribution in [0, 0.1) is 0 Å². The Kier molecular flexibility index (Phi) is 8.74. The van der Waals surface area contributed by atoms with E-state index in [4.69, 9.17) is 4.52 Å². The normalized spacial score (nSPS) is 14.2. The number of aromatic nitrogens is 3. The molecular formula is C26H24F6N4O4. The number of anilines is 1. The van der Waals surface area contributed by atoms with Crippen LogP contribution in [0.2, 0.25) is 0 Å². The van der Waals surface area contributed by atoms with E-state index in [9.17, 15) is 35.9 Å². The highest BCUT2D eigenvalue weighted by molar-refractivity contribution is 5.88. The van der Waals surface area contributed by atoms with E-state index in [1.165, 1.54) is 11.6 Å². The van der Waals surface area contributed by atoms with Crippen molar-refractivity contribution in [3.8, 4) is 0 Å². The summed E-state index contributed by atoms with van der Waals surface area (Å²) >= 11 is 0. The first-order chi connectivity index (χ1) is 18.9. The molecule has 0 saturated heterocycles. The fourth-order valence-corrected chi connectivity index (χ4v) is 4.30. The summed E-state index contributed by atoms with van der Waals surface area (Å²) in [5, 5.41) is 7.13. The molecule has 0 amide bonds. The monoisotopic (exact) mass is 570 g/mol. The molecule has 0 bridgehead atoms. The summed E-state index contributed by atoms with van der Waals surface area (Å²) in [7, 11) is 0. The lowest BCUT2D eigenvalue weighted by Crippen LogP contribution is -2.28. The Balaban J connectivity index is 1.42. The number of nitrogens with one attached hydrogen (secondary N) is 1. The summed E-state index contributed by atoms with van der Waals surface area (Å²) in [6.45, 7) is 0.868. The van der Waals surface area contributed by atoms with Gasteiger partial charge in [-0.2, -0.15) is 31.3 Å². The largest absolute Gasteiger partial charge is 0.491 e. The number of fused-ring (bicyclic) bond motifs is 1. The Hall–Kier alpha value is -3.97. The molecule has 0 radical (unpaired) electrons. The number of aryl methyl sites for hydroxylation is 3. The maximum absolute atomic E-state index is 13.2. The molecule has 1 aliphatic heterocycles. The van der Waals surface area contributed by atoms with Gasteiger partial charge in [0.1, 0.15) is 5.82 Å². The van der Waals surface area contributed by atoms with E-state index in [0.717, 1.165) is 49.1 Å². The van der Waals surface area contributed by atoms with Crippen LogP contribution in [0.4, 0.5) is 32.2 Å². The molecule has 1 aliphatic rings. The van der Waals surface area contributed by atoms with Crippen LogP contribution in [0.5, 0.6) is 0 Å². The van der Waals surface area contributed by atoms with E-state index in [-0.39, 0.29) is 17.9 Å². The zero-order valence-electron chi connectivity index (χ0n) is 20.9. The zero-order valence-corrected chi connectivity index (χ0v) is 20.9. The molecule has 2 aromatic heterocycles. The molecule has 1 atom stereocenters. The third-order valence-corrected chi connectivity index (χ3v) is 6.25. The third-order valence-electron chi connectivity index (χ3n) is 6.25. The highest BCUT2D eigenvalue weighted by Crippen LogP contribution is 2.33. The van der Waals surface area contributed by atoms with Gasteiger partial charge in [0.25, 0.3) is 0 Å². The molecule has 40 heavy (non-hydrogen) atoms. The third kappa shape index (κ3) is 7.79. The number of pyridine rings is 1. The number of ether oxygens (including phenoxy) is 1. The fraction of sp³-hybridized carbons (Fsp3) is 0.423. The van der Waals surface area contributed by atoms with Crippen molar-refractivity contribution < 1.29 is 45.2 Å². The molecule has 1 unspecified atom stereocenters. The Labute approximate surface area is 224 Å². The number of hydrogen-bond donors (Lipinski definition) is 1. The molecule has 1 aromatic carbocycles. The van der Waals surface area contributed by atoms with Crippen molar-refractivity contribution in [1.82, 2.24) is 15.1 Å². The minimum atomic E-state index is -5.41. The van der Waals surface area contributed by atoms with E-state index < -0.39 is 42.2 Å². The first kappa shape index (κ1) is 29.0. The van der Waals surface area contributed by atoms with Gasteiger partial charge in [0.05, 0.1) is 12.0 Å². The Bertz CT molecular complexity index is 1360. The summed E-state index contributed by atoms with van der Waals surface area (Å²) in [6.07, 6.45) is -7.55. The van der Waals surface area contributed by atoms with Crippen molar-refractivity contribution >= 4 is 17.8 Å². The molecule has 14 heteroatoms. The van der Waals surface area contributed by atoms with Gasteiger partial charge >= 0.3 is 24.3 Å². The molecule has 0 spiro atoms. The number of esters is 2. The van der Waals surface area contributed by atoms with Gasteiger partial charge in [0.15, 0.2) is 5.82 Å². The summed E-state index contributed by atoms with van der Waals surface area (Å²) in [6, 6.07) is 7.94. The molecule has 3 aromatic rings. The molecule has 0 fully saturated rings. The van der Waals surface area contributed by atoms with E-state index >= 15 is 0 Å². The van der Waals surface area contributed by atoms with Crippen LogP contribution in [0.15, 0.2) is 40.9 Å². The van der Waals surface area contributed by atoms with Gasteiger partial charge in [-0.3, -0.25) is 4.79 Å². The first-order valence-electron chi connectivity index (χ1n) is 12.4. The Morgan fingerprint density at radius 1 is 1.05 bits per heavy atom. The minimum Gasteiger partial charge on any atom is -0.386 e. The maximum Gasteiger partial charge on any atom is 0.491 e. The van der Waals surface area contributed by atoms with Crippen molar-refractivity contribution in [2.45, 2.75) is 63.2 Å². The minimum absolute atomic E-state index is 0.0296. The molecule has 4 rings (SSSR count). The molecule has 0 saturated carbocycles. The number of nitrogens with zero attached hydrogens (tertiary/aromatic N) is 3. The van der Waals surface area contributed by atoms with Crippen molar-refractivity contribution in [3.05, 3.63) is 70.5 Å². The summed E-state index contributed by atoms with van der Waals surface area (Å²) in [4.78, 5) is 32.0. The summed E-state index contributed by atoms with van der Waals surface area (Å²) in [5.74, 6) is -4.27. The van der Waals surface area contributed by atoms with Crippen LogP contribution in [0.3, 0.4) is 0 Å². The second-order valence-corrected chi connectivity index (χ2v) is 9.29. The molecule has 0 aliphatic carbocycles. The van der Waals surface area contributed by atoms with E-state index in [2.05, 4.69) is 25.2 Å². The SMILES string of the molecule is O=C(CC(Cc1nc(CCCc2ccc3c(n2)NCCC3)no1)c1cccc(C(F)(F)F)c1)OC(=O)C(F)(F)F. The number of alkyl halides is 6. The van der Waals surface area contributed by atoms with Gasteiger partial charge in [-0.05, 0) is 48.9 Å². The maximum atomic E-state index is 13.2. The number of hydrogen-bond acceptors (Lipinski definition) is 8. The van der Waals surface area contributed by atoms with Gasteiger partial charge in [-0.1, -0.05) is 29.4 Å².